The molecule has 43 heavy (non-hydrogen) atoms. The quantitative estimate of drug-likeness (QED) is 0.321. The number of ether oxygens (including phenoxy) is 2. The van der Waals surface area contributed by atoms with Crippen LogP contribution in [0.4, 0.5) is 4.79 Å². The summed E-state index contributed by atoms with van der Waals surface area (Å²) in [6, 6.07) is 0.409. The second-order valence-corrected chi connectivity index (χ2v) is 18.5. The molecule has 10 aliphatic rings. The molecule has 5 heteroatoms. The van der Waals surface area contributed by atoms with Crippen molar-refractivity contribution in [1.29, 1.82) is 0 Å². The summed E-state index contributed by atoms with van der Waals surface area (Å²) < 4.78 is 13.5. The van der Waals surface area contributed by atoms with E-state index in [1.165, 1.54) is 77.0 Å². The Morgan fingerprint density at radius 2 is 1.65 bits per heavy atom. The number of nitrogens with one attached hydrogen (secondary N) is 2. The SMILES string of the molecule is CC1CC[C@@]2(OC1)O[C@H]1C[C@H]3[C@@H]4CC=C5CC(NC(=O)NC67CC8CC(CC(C8)C6)C7)CC[C@]5(C)[C@H]4CC[C@]3(C)[C@H]1[C@@H]2C. The molecule has 8 aliphatic carbocycles. The second-order valence-electron chi connectivity index (χ2n) is 18.5. The molecule has 2 amide bonds. The van der Waals surface area contributed by atoms with Crippen molar-refractivity contribution in [2.24, 2.45) is 64.1 Å². The van der Waals surface area contributed by atoms with E-state index in [2.05, 4.69) is 44.4 Å². The molecule has 5 nitrogen and oxygen atoms in total. The predicted molar refractivity (Wildman–Crippen MR) is 168 cm³/mol. The summed E-state index contributed by atoms with van der Waals surface area (Å²) in [4.78, 5) is 13.4. The van der Waals surface area contributed by atoms with Crippen molar-refractivity contribution in [3.8, 4) is 0 Å². The summed E-state index contributed by atoms with van der Waals surface area (Å²) in [6.45, 7) is 10.9. The molecule has 2 aliphatic heterocycles. The Bertz CT molecular complexity index is 1150. The second kappa shape index (κ2) is 9.49. The number of carbonyl (C=O) groups excluding carboxylic acids is 1. The van der Waals surface area contributed by atoms with Gasteiger partial charge in [0.05, 0.1) is 12.7 Å². The van der Waals surface area contributed by atoms with Gasteiger partial charge in [-0.05, 0) is 148 Å². The highest BCUT2D eigenvalue weighted by molar-refractivity contribution is 5.75. The number of hydrogen-bond donors (Lipinski definition) is 2. The van der Waals surface area contributed by atoms with Crippen LogP contribution in [0, 0.1) is 64.1 Å². The molecule has 1 spiro atoms. The summed E-state index contributed by atoms with van der Waals surface area (Å²) in [5.41, 5.74) is 2.43. The predicted octanol–water partition coefficient (Wildman–Crippen LogP) is 7.99. The molecule has 0 radical (unpaired) electrons. The molecule has 0 aromatic rings. The van der Waals surface area contributed by atoms with E-state index in [1.54, 1.807) is 5.57 Å². The first-order valence-corrected chi connectivity index (χ1v) is 18.7. The lowest BCUT2D eigenvalue weighted by Gasteiger charge is -2.59. The monoisotopic (exact) mass is 590 g/mol. The number of allylic oxidation sites excluding steroid dienone is 1. The molecule has 2 heterocycles. The van der Waals surface area contributed by atoms with Gasteiger partial charge in [0, 0.05) is 23.9 Å². The molecular weight excluding hydrogens is 532 g/mol. The van der Waals surface area contributed by atoms with Gasteiger partial charge in [-0.25, -0.2) is 4.79 Å². The number of fused-ring (bicyclic) bond motifs is 7. The van der Waals surface area contributed by atoms with Crippen LogP contribution in [0.15, 0.2) is 11.6 Å². The summed E-state index contributed by atoms with van der Waals surface area (Å²) in [7, 11) is 0. The van der Waals surface area contributed by atoms with Gasteiger partial charge in [-0.2, -0.15) is 0 Å². The Morgan fingerprint density at radius 3 is 2.35 bits per heavy atom. The third-order valence-corrected chi connectivity index (χ3v) is 16.1. The Hall–Kier alpha value is -1.07. The highest BCUT2D eigenvalue weighted by Crippen LogP contribution is 2.70. The van der Waals surface area contributed by atoms with Gasteiger partial charge in [0.2, 0.25) is 0 Å². The van der Waals surface area contributed by atoms with Crippen molar-refractivity contribution in [2.45, 2.75) is 147 Å². The lowest BCUT2D eigenvalue weighted by Crippen LogP contribution is -2.62. The van der Waals surface area contributed by atoms with Crippen molar-refractivity contribution in [3.05, 3.63) is 11.6 Å². The van der Waals surface area contributed by atoms with E-state index in [9.17, 15) is 4.79 Å². The molecule has 9 fully saturated rings. The highest BCUT2D eigenvalue weighted by atomic mass is 16.7. The summed E-state index contributed by atoms with van der Waals surface area (Å²) in [5.74, 6) is 6.38. The third kappa shape index (κ3) is 4.10. The van der Waals surface area contributed by atoms with Gasteiger partial charge in [-0.1, -0.05) is 39.3 Å². The third-order valence-electron chi connectivity index (χ3n) is 16.1. The Balaban J connectivity index is 0.874. The van der Waals surface area contributed by atoms with Crippen LogP contribution in [-0.4, -0.2) is 36.1 Å². The lowest BCUT2D eigenvalue weighted by atomic mass is 9.46. The fourth-order valence-corrected chi connectivity index (χ4v) is 14.5. The standard InChI is InChI=1S/C38H58N2O3/c1-22-7-12-38(42-21-22)23(2)33-32(43-38)17-31-29-6-5-27-16-28(8-10-35(27,3)30(29)9-11-36(31,33)4)39-34(41)40-37-18-24-13-25(19-37)15-26(14-24)20-37/h5,22-26,28-33H,6-21H2,1-4H3,(H2,39,40,41)/t22?,23-,24?,25?,26?,28?,29+,30-,31-,32-,33-,35-,36-,37?,38+/m0/s1. The molecule has 11 atom stereocenters. The minimum atomic E-state index is -0.314. The summed E-state index contributed by atoms with van der Waals surface area (Å²) in [6.07, 6.45) is 21.8. The van der Waals surface area contributed by atoms with Crippen molar-refractivity contribution in [3.63, 3.8) is 0 Å². The molecule has 2 unspecified atom stereocenters. The van der Waals surface area contributed by atoms with E-state index < -0.39 is 0 Å². The van der Waals surface area contributed by atoms with Crippen molar-refractivity contribution in [1.82, 2.24) is 10.6 Å². The Morgan fingerprint density at radius 1 is 0.907 bits per heavy atom. The molecule has 2 saturated heterocycles. The van der Waals surface area contributed by atoms with Gasteiger partial charge < -0.3 is 20.1 Å². The van der Waals surface area contributed by atoms with Crippen LogP contribution in [0.25, 0.3) is 0 Å². The average Bonchev–Trinajstić information content (AvgIpc) is 3.39. The van der Waals surface area contributed by atoms with E-state index in [-0.39, 0.29) is 23.4 Å². The zero-order chi connectivity index (χ0) is 29.4. The first-order chi connectivity index (χ1) is 20.6. The van der Waals surface area contributed by atoms with Crippen LogP contribution in [0.5, 0.6) is 0 Å². The van der Waals surface area contributed by atoms with Crippen LogP contribution in [0.1, 0.15) is 124 Å². The van der Waals surface area contributed by atoms with Gasteiger partial charge >= 0.3 is 6.03 Å². The molecular formula is C38H58N2O3. The number of rotatable bonds is 2. The maximum Gasteiger partial charge on any atom is 0.315 e. The first kappa shape index (κ1) is 28.2. The van der Waals surface area contributed by atoms with Crippen molar-refractivity contribution in [2.75, 3.05) is 6.61 Å². The van der Waals surface area contributed by atoms with E-state index >= 15 is 0 Å². The molecule has 7 saturated carbocycles. The molecule has 0 aromatic carbocycles. The molecule has 2 N–H and O–H groups in total. The molecule has 10 rings (SSSR count). The van der Waals surface area contributed by atoms with E-state index in [4.69, 9.17) is 9.47 Å². The zero-order valence-electron chi connectivity index (χ0n) is 27.5. The van der Waals surface area contributed by atoms with Gasteiger partial charge in [0.15, 0.2) is 5.79 Å². The number of amides is 2. The van der Waals surface area contributed by atoms with Gasteiger partial charge in [0.25, 0.3) is 0 Å². The molecule has 4 bridgehead atoms. The largest absolute Gasteiger partial charge is 0.349 e. The van der Waals surface area contributed by atoms with Crippen LogP contribution in [-0.2, 0) is 9.47 Å². The number of carbonyl (C=O) groups is 1. The fourth-order valence-electron chi connectivity index (χ4n) is 14.5. The highest BCUT2D eigenvalue weighted by Gasteiger charge is 2.68. The Labute approximate surface area is 260 Å². The minimum Gasteiger partial charge on any atom is -0.349 e. The number of hydrogen-bond acceptors (Lipinski definition) is 3. The number of urea groups is 1. The van der Waals surface area contributed by atoms with Crippen LogP contribution in [0.2, 0.25) is 0 Å². The van der Waals surface area contributed by atoms with Crippen LogP contribution >= 0.6 is 0 Å². The first-order valence-electron chi connectivity index (χ1n) is 18.7. The lowest BCUT2D eigenvalue weighted by molar-refractivity contribution is -0.272. The smallest absolute Gasteiger partial charge is 0.315 e. The maximum absolute atomic E-state index is 13.4. The minimum absolute atomic E-state index is 0.0933. The topological polar surface area (TPSA) is 59.6 Å². The summed E-state index contributed by atoms with van der Waals surface area (Å²) in [5, 5.41) is 7.09. The van der Waals surface area contributed by atoms with E-state index in [0.29, 0.717) is 34.7 Å². The zero-order valence-corrected chi connectivity index (χ0v) is 27.5. The van der Waals surface area contributed by atoms with E-state index in [0.717, 1.165) is 61.4 Å². The van der Waals surface area contributed by atoms with E-state index in [1.807, 2.05) is 0 Å². The molecule has 0 aromatic heterocycles. The normalized spacial score (nSPS) is 57.9. The van der Waals surface area contributed by atoms with Gasteiger partial charge in [-0.15, -0.1) is 0 Å². The van der Waals surface area contributed by atoms with Crippen molar-refractivity contribution < 1.29 is 14.3 Å². The van der Waals surface area contributed by atoms with Crippen LogP contribution in [0.3, 0.4) is 0 Å². The van der Waals surface area contributed by atoms with Crippen LogP contribution < -0.4 is 10.6 Å². The maximum atomic E-state index is 13.4. The van der Waals surface area contributed by atoms with Gasteiger partial charge in [0.1, 0.15) is 0 Å². The molecule has 238 valence electrons. The average molecular weight is 591 g/mol. The van der Waals surface area contributed by atoms with Gasteiger partial charge in [-0.3, -0.25) is 0 Å². The fraction of sp³-hybridized carbons (Fsp3) is 0.921. The van der Waals surface area contributed by atoms with Crippen molar-refractivity contribution >= 4 is 6.03 Å². The summed E-state index contributed by atoms with van der Waals surface area (Å²) >= 11 is 0. The Kier molecular flexibility index (Phi) is 6.22.